The lowest BCUT2D eigenvalue weighted by molar-refractivity contribution is -0.138. The maximum absolute atomic E-state index is 14.9. The average molecular weight is 1260 g/mol. The number of carbonyl (C=O) groups excluding carboxylic acids is 9. The third kappa shape index (κ3) is 21.7. The van der Waals surface area contributed by atoms with Gasteiger partial charge in [0.05, 0.1) is 12.7 Å². The summed E-state index contributed by atoms with van der Waals surface area (Å²) < 4.78 is 23.2. The van der Waals surface area contributed by atoms with Crippen LogP contribution >= 0.6 is 15.9 Å². The molecule has 0 radical (unpaired) electrons. The molecule has 21 nitrogen and oxygen atoms in total. The third-order valence-electron chi connectivity index (χ3n) is 14.3. The molecule has 5 aromatic carbocycles. The highest BCUT2D eigenvalue weighted by atomic mass is 79.9. The van der Waals surface area contributed by atoms with Gasteiger partial charge in [0.15, 0.2) is 0 Å². The highest BCUT2D eigenvalue weighted by Crippen LogP contribution is 2.20. The predicted molar refractivity (Wildman–Crippen MR) is 328 cm³/mol. The number of amides is 8. The van der Waals surface area contributed by atoms with Crippen LogP contribution in [0.25, 0.3) is 0 Å². The molecule has 9 atom stereocenters. The van der Waals surface area contributed by atoms with Crippen LogP contribution in [0.15, 0.2) is 144 Å². The van der Waals surface area contributed by atoms with E-state index in [1.165, 1.54) is 12.1 Å². The molecule has 8 N–H and O–H groups in total. The number of halogens is 1. The molecule has 464 valence electrons. The van der Waals surface area contributed by atoms with Crippen molar-refractivity contribution in [3.63, 3.8) is 0 Å². The summed E-state index contributed by atoms with van der Waals surface area (Å²) in [5.74, 6) is -6.86. The van der Waals surface area contributed by atoms with E-state index < -0.39 is 126 Å². The van der Waals surface area contributed by atoms with Crippen LogP contribution in [0.5, 0.6) is 5.75 Å². The molecule has 0 aliphatic carbocycles. The van der Waals surface area contributed by atoms with Crippen molar-refractivity contribution >= 4 is 69.5 Å². The van der Waals surface area contributed by atoms with Crippen LogP contribution in [-0.4, -0.2) is 114 Å². The van der Waals surface area contributed by atoms with E-state index in [0.717, 1.165) is 10.0 Å². The van der Waals surface area contributed by atoms with Gasteiger partial charge >= 0.3 is 12.2 Å². The Hall–Kier alpha value is -8.63. The van der Waals surface area contributed by atoms with E-state index in [9.17, 15) is 43.2 Å². The third-order valence-corrected chi connectivity index (χ3v) is 15.0. The van der Waals surface area contributed by atoms with Crippen molar-refractivity contribution < 1.29 is 62.1 Å². The summed E-state index contributed by atoms with van der Waals surface area (Å²) in [7, 11) is 0. The van der Waals surface area contributed by atoms with Gasteiger partial charge < -0.3 is 61.5 Å². The molecular formula is C65H79BrN8O13. The van der Waals surface area contributed by atoms with E-state index in [0.29, 0.717) is 28.7 Å². The van der Waals surface area contributed by atoms with Crippen molar-refractivity contribution in [3.8, 4) is 5.75 Å². The molecule has 8 amide bonds. The van der Waals surface area contributed by atoms with Crippen LogP contribution < -0.4 is 47.3 Å². The minimum atomic E-state index is -1.65. The Morgan fingerprint density at radius 1 is 0.598 bits per heavy atom. The molecule has 0 aromatic heterocycles. The SMILES string of the molecule is CC[C@H](C)[C@@H]1NC(=O)[C@H](NC(=O)[C@@H](NC(=O)[C@H](Cc2ccccc2)NC(=O)OC(C)(C)C)C(C)C)CNC(=O)[C@H](Cc2ccc(OC(=O)OCc3ccccc3Br)cc2)NC(=O)[C@H]([C@@H](C)OCc2ccccc2)NC(=O)[C@H](Cc2ccccc2)NC1=O. The number of carbonyl (C=O) groups is 9. The smallest absolute Gasteiger partial charge is 0.444 e. The summed E-state index contributed by atoms with van der Waals surface area (Å²) in [6.07, 6.45) is -2.79. The van der Waals surface area contributed by atoms with Crippen molar-refractivity contribution in [2.45, 2.75) is 148 Å². The second kappa shape index (κ2) is 32.8. The second-order valence-electron chi connectivity index (χ2n) is 22.7. The lowest BCUT2D eigenvalue weighted by Gasteiger charge is -2.32. The number of hydrogen-bond acceptors (Lipinski definition) is 13. The van der Waals surface area contributed by atoms with Gasteiger partial charge in [-0.1, -0.05) is 171 Å². The van der Waals surface area contributed by atoms with E-state index in [1.54, 1.807) is 146 Å². The van der Waals surface area contributed by atoms with Crippen molar-refractivity contribution in [1.82, 2.24) is 42.5 Å². The van der Waals surface area contributed by atoms with Crippen LogP contribution in [0.2, 0.25) is 0 Å². The minimum absolute atomic E-state index is 0.0145. The number of rotatable bonds is 21. The quantitative estimate of drug-likeness (QED) is 0.0291. The molecule has 0 unspecified atom stereocenters. The molecule has 6 rings (SSSR count). The van der Waals surface area contributed by atoms with Crippen LogP contribution in [0.3, 0.4) is 0 Å². The van der Waals surface area contributed by atoms with Crippen molar-refractivity contribution in [2.24, 2.45) is 11.8 Å². The summed E-state index contributed by atoms with van der Waals surface area (Å²) >= 11 is 3.43. The predicted octanol–water partition coefficient (Wildman–Crippen LogP) is 6.43. The Balaban J connectivity index is 1.35. The highest BCUT2D eigenvalue weighted by Gasteiger charge is 2.39. The fraction of sp³-hybridized carbons (Fsp3) is 0.400. The fourth-order valence-corrected chi connectivity index (χ4v) is 9.60. The van der Waals surface area contributed by atoms with Gasteiger partial charge in [0, 0.05) is 35.8 Å². The zero-order valence-electron chi connectivity index (χ0n) is 50.2. The van der Waals surface area contributed by atoms with Gasteiger partial charge in [0.25, 0.3) is 0 Å². The van der Waals surface area contributed by atoms with E-state index in [1.807, 2.05) is 36.4 Å². The summed E-state index contributed by atoms with van der Waals surface area (Å²) in [6, 6.07) is 30.3. The van der Waals surface area contributed by atoms with Gasteiger partial charge in [-0.05, 0) is 80.0 Å². The number of benzene rings is 5. The largest absolute Gasteiger partial charge is 0.514 e. The first-order chi connectivity index (χ1) is 41.5. The Labute approximate surface area is 516 Å². The molecule has 1 saturated heterocycles. The topological polar surface area (TPSA) is 287 Å². The van der Waals surface area contributed by atoms with E-state index in [-0.39, 0.29) is 38.2 Å². The molecule has 0 saturated carbocycles. The van der Waals surface area contributed by atoms with Crippen LogP contribution in [0, 0.1) is 11.8 Å². The summed E-state index contributed by atoms with van der Waals surface area (Å²) in [5, 5.41) is 22.0. The van der Waals surface area contributed by atoms with Crippen molar-refractivity contribution in [3.05, 3.63) is 172 Å². The minimum Gasteiger partial charge on any atom is -0.444 e. The lowest BCUT2D eigenvalue weighted by Crippen LogP contribution is -2.65. The average Bonchev–Trinajstić information content (AvgIpc) is 2.38. The molecule has 1 aliphatic heterocycles. The van der Waals surface area contributed by atoms with Crippen molar-refractivity contribution in [1.29, 1.82) is 0 Å². The summed E-state index contributed by atoms with van der Waals surface area (Å²) in [6.45, 7) is 12.8. The maximum Gasteiger partial charge on any atom is 0.514 e. The molecule has 1 heterocycles. The van der Waals surface area contributed by atoms with E-state index in [2.05, 4.69) is 58.5 Å². The molecule has 22 heteroatoms. The molecule has 1 aliphatic rings. The standard InChI is InChI=1S/C65H79BrN8O13/c1-9-40(4)54-61(80)69-50(33-42-21-13-10-14-22-42)57(76)74-55(41(5)84-37-45-25-17-12-18-26-45)62(81)68-49(35-44-29-31-47(32-30-44)86-64(83)85-38-46-27-19-20-28-48(46)66)56(75)67-36-52(59(78)73-54)70-60(79)53(39(2)3)72-58(77)51(34-43-23-15-11-16-24-43)71-63(82)87-65(6,7)8/h10-32,39-41,49-55H,9,33-38H2,1-8H3,(H,67,75)(H,68,81)(H,69,80)(H,70,79)(H,71,82)(H,72,77)(H,73,78)(H,74,76)/t40-,41+,49-,50-,51-,52+,53-,54-,55-/m0/s1. The van der Waals surface area contributed by atoms with Crippen LogP contribution in [0.1, 0.15) is 89.6 Å². The first kappa shape index (κ1) is 67.5. The van der Waals surface area contributed by atoms with E-state index in [4.69, 9.17) is 18.9 Å². The number of alkyl carbamates (subject to hydrolysis) is 1. The van der Waals surface area contributed by atoms with Crippen molar-refractivity contribution in [2.75, 3.05) is 6.54 Å². The Bertz CT molecular complexity index is 3130. The summed E-state index contributed by atoms with van der Waals surface area (Å²) in [5.41, 5.74) is 2.38. The summed E-state index contributed by atoms with van der Waals surface area (Å²) in [4.78, 5) is 129. The molecule has 5 aromatic rings. The normalized spacial score (nSPS) is 19.2. The Morgan fingerprint density at radius 3 is 1.72 bits per heavy atom. The van der Waals surface area contributed by atoms with E-state index >= 15 is 0 Å². The van der Waals surface area contributed by atoms with Gasteiger partial charge in [-0.3, -0.25) is 33.6 Å². The molecule has 1 fully saturated rings. The highest BCUT2D eigenvalue weighted by molar-refractivity contribution is 9.10. The van der Waals surface area contributed by atoms with Gasteiger partial charge in [0.2, 0.25) is 41.4 Å². The first-order valence-corrected chi connectivity index (χ1v) is 29.8. The van der Waals surface area contributed by atoms with Gasteiger partial charge in [-0.25, -0.2) is 9.59 Å². The van der Waals surface area contributed by atoms with Gasteiger partial charge in [-0.15, -0.1) is 0 Å². The Morgan fingerprint density at radius 2 is 1.14 bits per heavy atom. The Kier molecular flexibility index (Phi) is 25.4. The zero-order chi connectivity index (χ0) is 63.2. The first-order valence-electron chi connectivity index (χ1n) is 29.0. The number of nitrogens with one attached hydrogen (secondary N) is 8. The second-order valence-corrected chi connectivity index (χ2v) is 23.5. The van der Waals surface area contributed by atoms with Gasteiger partial charge in [0.1, 0.15) is 60.3 Å². The zero-order valence-corrected chi connectivity index (χ0v) is 51.8. The molecule has 0 spiro atoms. The lowest BCUT2D eigenvalue weighted by atomic mass is 9.96. The molecular weight excluding hydrogens is 1180 g/mol. The maximum atomic E-state index is 14.9. The monoisotopic (exact) mass is 1260 g/mol. The number of hydrogen-bond donors (Lipinski definition) is 8. The molecule has 0 bridgehead atoms. The number of ether oxygens (including phenoxy) is 4. The van der Waals surface area contributed by atoms with Crippen LogP contribution in [0.4, 0.5) is 9.59 Å². The fourth-order valence-electron chi connectivity index (χ4n) is 9.20. The van der Waals surface area contributed by atoms with Gasteiger partial charge in [-0.2, -0.15) is 0 Å². The van der Waals surface area contributed by atoms with Crippen LogP contribution in [-0.2, 0) is 80.2 Å². The molecule has 87 heavy (non-hydrogen) atoms.